The molecule has 1 aromatic heterocycles. The summed E-state index contributed by atoms with van der Waals surface area (Å²) < 4.78 is 16.0. The third kappa shape index (κ3) is 4.89. The Bertz CT molecular complexity index is 805. The van der Waals surface area contributed by atoms with E-state index in [0.29, 0.717) is 22.5 Å². The maximum atomic E-state index is 12.1. The number of carbonyl (C=O) groups excluding carboxylic acids is 1. The van der Waals surface area contributed by atoms with Crippen LogP contribution in [0.4, 0.5) is 0 Å². The van der Waals surface area contributed by atoms with Crippen molar-refractivity contribution in [2.24, 2.45) is 0 Å². The van der Waals surface area contributed by atoms with Gasteiger partial charge in [0.2, 0.25) is 0 Å². The smallest absolute Gasteiger partial charge is 0.303 e. The molecule has 2 aromatic rings. The Morgan fingerprint density at radius 3 is 2.60 bits per heavy atom. The van der Waals surface area contributed by atoms with Crippen molar-refractivity contribution >= 4 is 16.9 Å². The van der Waals surface area contributed by atoms with Crippen LogP contribution in [-0.4, -0.2) is 20.1 Å². The Hall–Kier alpha value is -3.19. The van der Waals surface area contributed by atoms with Gasteiger partial charge >= 0.3 is 5.91 Å². The van der Waals surface area contributed by atoms with Crippen molar-refractivity contribution in [1.29, 1.82) is 0 Å². The van der Waals surface area contributed by atoms with Crippen LogP contribution < -0.4 is 20.5 Å². The number of furan rings is 1. The van der Waals surface area contributed by atoms with Gasteiger partial charge in [0.25, 0.3) is 0 Å². The van der Waals surface area contributed by atoms with Gasteiger partial charge in [0.15, 0.2) is 5.76 Å². The first-order valence-corrected chi connectivity index (χ1v) is 7.50. The van der Waals surface area contributed by atoms with E-state index < -0.39 is 5.91 Å². The van der Waals surface area contributed by atoms with Gasteiger partial charge in [-0.2, -0.15) is 0 Å². The number of hydrogen-bond donors (Lipinski definition) is 2. The predicted molar refractivity (Wildman–Crippen MR) is 94.1 cm³/mol. The number of fused-ring (bicyclic) bond motifs is 1. The molecule has 7 heteroatoms. The molecule has 0 atom stereocenters. The fourth-order valence-corrected chi connectivity index (χ4v) is 1.98. The second-order valence-corrected chi connectivity index (χ2v) is 4.77. The Morgan fingerprint density at radius 1 is 1.08 bits per heavy atom. The molecule has 0 unspecified atom stereocenters. The van der Waals surface area contributed by atoms with Crippen LogP contribution >= 0.6 is 0 Å². The van der Waals surface area contributed by atoms with Crippen LogP contribution in [0.2, 0.25) is 0 Å². The highest BCUT2D eigenvalue weighted by atomic mass is 16.7. The molecule has 0 aliphatic carbocycles. The van der Waals surface area contributed by atoms with Gasteiger partial charge in [0, 0.05) is 18.2 Å². The SMILES string of the molecule is C\C=C/C=C\C=C\ONNC(=O)c1cc2c(OC)cc(OC)cc2o1. The highest BCUT2D eigenvalue weighted by molar-refractivity contribution is 5.97. The van der Waals surface area contributed by atoms with Crippen molar-refractivity contribution in [3.8, 4) is 11.5 Å². The summed E-state index contributed by atoms with van der Waals surface area (Å²) in [6.07, 6.45) is 10.5. The number of ether oxygens (including phenoxy) is 2. The quantitative estimate of drug-likeness (QED) is 0.331. The fourth-order valence-electron chi connectivity index (χ4n) is 1.98. The number of amides is 1. The highest BCUT2D eigenvalue weighted by Crippen LogP contribution is 2.33. The van der Waals surface area contributed by atoms with Gasteiger partial charge < -0.3 is 18.7 Å². The molecule has 0 saturated carbocycles. The lowest BCUT2D eigenvalue weighted by Crippen LogP contribution is -2.35. The van der Waals surface area contributed by atoms with Gasteiger partial charge in [0.1, 0.15) is 23.3 Å². The minimum Gasteiger partial charge on any atom is -0.496 e. The van der Waals surface area contributed by atoms with Crippen LogP contribution in [0.25, 0.3) is 11.0 Å². The molecule has 0 fully saturated rings. The van der Waals surface area contributed by atoms with Crippen molar-refractivity contribution < 1.29 is 23.5 Å². The highest BCUT2D eigenvalue weighted by Gasteiger charge is 2.16. The second kappa shape index (κ2) is 9.19. The Labute approximate surface area is 145 Å². The standard InChI is InChI=1S/C18H20N2O5/c1-4-5-6-7-8-9-24-20-19-18(21)17-12-14-15(23-3)10-13(22-2)11-16(14)25-17/h4-12,20H,1-3H3,(H,19,21)/b5-4-,7-6-,9-8+. The summed E-state index contributed by atoms with van der Waals surface area (Å²) in [6.45, 7) is 1.92. The number of hydrogen-bond acceptors (Lipinski definition) is 6. The van der Waals surface area contributed by atoms with Crippen LogP contribution in [0, 0.1) is 0 Å². The molecule has 1 aromatic carbocycles. The molecule has 0 bridgehead atoms. The lowest BCUT2D eigenvalue weighted by Gasteiger charge is -2.04. The zero-order chi connectivity index (χ0) is 18.1. The molecule has 0 radical (unpaired) electrons. The average Bonchev–Trinajstić information content (AvgIpc) is 3.07. The molecule has 1 heterocycles. The Kier molecular flexibility index (Phi) is 6.67. The van der Waals surface area contributed by atoms with E-state index >= 15 is 0 Å². The molecular formula is C18H20N2O5. The van der Waals surface area contributed by atoms with Gasteiger partial charge in [-0.05, 0) is 13.0 Å². The monoisotopic (exact) mass is 344 g/mol. The molecule has 0 aliphatic heterocycles. The van der Waals surface area contributed by atoms with E-state index in [1.807, 2.05) is 25.2 Å². The first-order valence-electron chi connectivity index (χ1n) is 7.50. The van der Waals surface area contributed by atoms with Crippen molar-refractivity contribution in [3.63, 3.8) is 0 Å². The second-order valence-electron chi connectivity index (χ2n) is 4.77. The lowest BCUT2D eigenvalue weighted by molar-refractivity contribution is 0.0633. The molecule has 0 spiro atoms. The summed E-state index contributed by atoms with van der Waals surface area (Å²) in [7, 11) is 3.08. The molecule has 0 aliphatic rings. The van der Waals surface area contributed by atoms with Gasteiger partial charge in [-0.15, -0.1) is 0 Å². The molecular weight excluding hydrogens is 324 g/mol. The maximum Gasteiger partial charge on any atom is 0.303 e. The average molecular weight is 344 g/mol. The summed E-state index contributed by atoms with van der Waals surface area (Å²) in [4.78, 5) is 17.0. The molecule has 25 heavy (non-hydrogen) atoms. The molecule has 7 nitrogen and oxygen atoms in total. The summed E-state index contributed by atoms with van der Waals surface area (Å²) in [5.74, 6) is 0.741. The number of methoxy groups -OCH3 is 2. The first kappa shape index (κ1) is 18.2. The molecule has 2 N–H and O–H groups in total. The Balaban J connectivity index is 1.98. The van der Waals surface area contributed by atoms with E-state index in [0.717, 1.165) is 0 Å². The van der Waals surface area contributed by atoms with E-state index in [9.17, 15) is 4.79 Å². The summed E-state index contributed by atoms with van der Waals surface area (Å²) in [5, 5.41) is 0.670. The summed E-state index contributed by atoms with van der Waals surface area (Å²) in [5.41, 5.74) is 5.16. The lowest BCUT2D eigenvalue weighted by atomic mass is 10.2. The van der Waals surface area contributed by atoms with E-state index in [1.54, 1.807) is 37.5 Å². The van der Waals surface area contributed by atoms with Crippen LogP contribution in [0.5, 0.6) is 11.5 Å². The molecule has 132 valence electrons. The maximum absolute atomic E-state index is 12.1. The van der Waals surface area contributed by atoms with Gasteiger partial charge in [-0.25, -0.2) is 0 Å². The van der Waals surface area contributed by atoms with Crippen LogP contribution in [0.1, 0.15) is 17.5 Å². The number of rotatable bonds is 8. The van der Waals surface area contributed by atoms with E-state index in [-0.39, 0.29) is 5.76 Å². The van der Waals surface area contributed by atoms with Crippen molar-refractivity contribution in [3.05, 3.63) is 60.6 Å². The van der Waals surface area contributed by atoms with Gasteiger partial charge in [-0.1, -0.05) is 29.9 Å². The minimum atomic E-state index is -0.491. The first-order chi connectivity index (χ1) is 12.2. The topological polar surface area (TPSA) is 82.0 Å². The van der Waals surface area contributed by atoms with E-state index in [1.165, 1.54) is 13.4 Å². The molecule has 1 amide bonds. The largest absolute Gasteiger partial charge is 0.496 e. The van der Waals surface area contributed by atoms with Crippen LogP contribution in [0.15, 0.2) is 59.3 Å². The van der Waals surface area contributed by atoms with Crippen molar-refractivity contribution in [2.75, 3.05) is 14.2 Å². The van der Waals surface area contributed by atoms with Crippen molar-refractivity contribution in [2.45, 2.75) is 6.92 Å². The third-order valence-corrected chi connectivity index (χ3v) is 3.15. The fraction of sp³-hybridized carbons (Fsp3) is 0.167. The van der Waals surface area contributed by atoms with Gasteiger partial charge in [0.05, 0.1) is 19.6 Å². The van der Waals surface area contributed by atoms with Gasteiger partial charge in [-0.3, -0.25) is 10.2 Å². The third-order valence-electron chi connectivity index (χ3n) is 3.15. The van der Waals surface area contributed by atoms with Crippen molar-refractivity contribution in [1.82, 2.24) is 11.0 Å². The summed E-state index contributed by atoms with van der Waals surface area (Å²) in [6, 6.07) is 4.98. The number of allylic oxidation sites excluding steroid dienone is 5. The number of nitrogens with one attached hydrogen (secondary N) is 2. The number of benzene rings is 1. The number of hydrazine groups is 1. The normalized spacial score (nSPS) is 11.6. The predicted octanol–water partition coefficient (Wildman–Crippen LogP) is 3.26. The molecule has 2 rings (SSSR count). The zero-order valence-corrected chi connectivity index (χ0v) is 14.2. The minimum absolute atomic E-state index is 0.106. The Morgan fingerprint density at radius 2 is 1.88 bits per heavy atom. The summed E-state index contributed by atoms with van der Waals surface area (Å²) >= 11 is 0. The molecule has 0 saturated heterocycles. The van der Waals surface area contributed by atoms with E-state index in [2.05, 4.69) is 11.0 Å². The van der Waals surface area contributed by atoms with Crippen LogP contribution in [-0.2, 0) is 4.84 Å². The zero-order valence-electron chi connectivity index (χ0n) is 14.2. The van der Waals surface area contributed by atoms with Crippen LogP contribution in [0.3, 0.4) is 0 Å². The number of carbonyl (C=O) groups is 1. The van der Waals surface area contributed by atoms with E-state index in [4.69, 9.17) is 18.7 Å².